The number of thiophene rings is 1. The van der Waals surface area contributed by atoms with Gasteiger partial charge in [-0.15, -0.1) is 11.3 Å². The Labute approximate surface area is 148 Å². The highest BCUT2D eigenvalue weighted by atomic mass is 32.1. The molecule has 1 aromatic heterocycles. The zero-order valence-corrected chi connectivity index (χ0v) is 15.8. The summed E-state index contributed by atoms with van der Waals surface area (Å²) in [5, 5.41) is 1.37. The maximum atomic E-state index is 10.7. The lowest BCUT2D eigenvalue weighted by atomic mass is 10.0. The molecule has 0 fully saturated rings. The summed E-state index contributed by atoms with van der Waals surface area (Å²) in [6.45, 7) is 11.3. The third-order valence-electron chi connectivity index (χ3n) is 2.75. The van der Waals surface area contributed by atoms with Crippen LogP contribution in [-0.4, -0.2) is 32.5 Å². The molecule has 1 aromatic carbocycles. The Hall–Kier alpha value is -1.89. The Kier molecular flexibility index (Phi) is 14.9. The number of fused-ring (bicyclic) bond motifs is 1. The molecule has 134 valence electrons. The highest BCUT2D eigenvalue weighted by Gasteiger charge is 2.12. The summed E-state index contributed by atoms with van der Waals surface area (Å²) in [6.07, 6.45) is 0.678. The minimum Gasteiger partial charge on any atom is -0.333 e. The third kappa shape index (κ3) is 9.99. The largest absolute Gasteiger partial charge is 0.333 e. The van der Waals surface area contributed by atoms with Gasteiger partial charge in [-0.25, -0.2) is 4.99 Å². The molecule has 1 unspecified atom stereocenters. The van der Waals surface area contributed by atoms with Gasteiger partial charge in [0.25, 0.3) is 5.91 Å². The van der Waals surface area contributed by atoms with Crippen LogP contribution in [0.1, 0.15) is 25.1 Å². The summed E-state index contributed by atoms with van der Waals surface area (Å²) < 4.78 is 1.39. The zero-order valence-electron chi connectivity index (χ0n) is 15.0. The second-order valence-corrected chi connectivity index (χ2v) is 6.42. The van der Waals surface area contributed by atoms with E-state index in [0.29, 0.717) is 12.3 Å². The summed E-state index contributed by atoms with van der Waals surface area (Å²) in [5.74, 6) is 0.120. The number of aryl methyl sites for hydroxylation is 1. The number of hydrogen-bond acceptors (Lipinski definition) is 5. The first-order chi connectivity index (χ1) is 11.4. The van der Waals surface area contributed by atoms with E-state index in [9.17, 15) is 4.79 Å². The molecule has 0 aliphatic carbocycles. The van der Waals surface area contributed by atoms with Crippen molar-refractivity contribution in [3.8, 4) is 0 Å². The van der Waals surface area contributed by atoms with E-state index < -0.39 is 6.04 Å². The number of carbonyl (C=O) groups excluding carboxylic acids is 2. The number of aliphatic imine (C=N–C) groups is 1. The van der Waals surface area contributed by atoms with Gasteiger partial charge in [0, 0.05) is 9.58 Å². The van der Waals surface area contributed by atoms with Crippen molar-refractivity contribution in [1.82, 2.24) is 0 Å². The van der Waals surface area contributed by atoms with Gasteiger partial charge >= 0.3 is 0 Å². The van der Waals surface area contributed by atoms with Gasteiger partial charge in [-0.1, -0.05) is 32.0 Å². The van der Waals surface area contributed by atoms with E-state index in [1.54, 1.807) is 0 Å². The predicted molar refractivity (Wildman–Crippen MR) is 106 cm³/mol. The SMILES string of the molecule is C=NC(=O)C(N)CC(C)C.C=O.CN.Cc1cc2ccccc2s1. The summed E-state index contributed by atoms with van der Waals surface area (Å²) >= 11 is 1.85. The van der Waals surface area contributed by atoms with Crippen LogP contribution in [0.25, 0.3) is 10.1 Å². The lowest BCUT2D eigenvalue weighted by Gasteiger charge is -2.08. The molecule has 0 spiro atoms. The molecule has 4 N–H and O–H groups in total. The lowest BCUT2D eigenvalue weighted by Crippen LogP contribution is -2.30. The van der Waals surface area contributed by atoms with Crippen LogP contribution in [0.5, 0.6) is 0 Å². The van der Waals surface area contributed by atoms with Crippen LogP contribution < -0.4 is 11.5 Å². The Morgan fingerprint density at radius 1 is 1.25 bits per heavy atom. The molecular formula is C18H29N3O2S. The zero-order chi connectivity index (χ0) is 19.1. The van der Waals surface area contributed by atoms with E-state index in [1.807, 2.05) is 32.0 Å². The van der Waals surface area contributed by atoms with Crippen LogP contribution in [0.4, 0.5) is 0 Å². The molecule has 0 aliphatic heterocycles. The van der Waals surface area contributed by atoms with E-state index in [1.165, 1.54) is 22.0 Å². The number of amides is 1. The second kappa shape index (κ2) is 14.7. The first-order valence-corrected chi connectivity index (χ1v) is 8.33. The van der Waals surface area contributed by atoms with Crippen molar-refractivity contribution >= 4 is 40.8 Å². The fraction of sp³-hybridized carbons (Fsp3) is 0.389. The van der Waals surface area contributed by atoms with Gasteiger partial charge in [-0.3, -0.25) is 4.79 Å². The molecule has 24 heavy (non-hydrogen) atoms. The molecular weight excluding hydrogens is 322 g/mol. The molecule has 0 aliphatic rings. The summed E-state index contributed by atoms with van der Waals surface area (Å²) in [4.78, 5) is 23.3. The normalized spacial score (nSPS) is 10.3. The molecule has 1 amide bonds. The summed E-state index contributed by atoms with van der Waals surface area (Å²) in [7, 11) is 1.50. The van der Waals surface area contributed by atoms with Crippen LogP contribution in [0.15, 0.2) is 35.3 Å². The van der Waals surface area contributed by atoms with Crippen LogP contribution in [-0.2, 0) is 9.59 Å². The fourth-order valence-corrected chi connectivity index (χ4v) is 2.76. The van der Waals surface area contributed by atoms with Gasteiger partial charge in [0.1, 0.15) is 6.79 Å². The van der Waals surface area contributed by atoms with Crippen LogP contribution in [0.2, 0.25) is 0 Å². The molecule has 2 aromatic rings. The number of benzene rings is 1. The van der Waals surface area contributed by atoms with Gasteiger partial charge in [0.05, 0.1) is 6.04 Å². The number of rotatable bonds is 3. The van der Waals surface area contributed by atoms with Gasteiger partial charge in [0.15, 0.2) is 0 Å². The fourth-order valence-electron chi connectivity index (χ4n) is 1.84. The Bertz CT molecular complexity index is 564. The van der Waals surface area contributed by atoms with E-state index in [4.69, 9.17) is 10.5 Å². The number of nitrogens with zero attached hydrogens (tertiary/aromatic N) is 1. The quantitative estimate of drug-likeness (QED) is 0.830. The van der Waals surface area contributed by atoms with E-state index in [2.05, 4.69) is 54.7 Å². The minimum absolute atomic E-state index is 0.311. The average Bonchev–Trinajstić information content (AvgIpc) is 2.97. The standard InChI is InChI=1S/C9H8S.C7H14N2O.CH5N.CH2O/c1-7-6-8-4-2-3-5-9(8)10-7;1-5(2)4-6(8)7(10)9-3;2*1-2/h2-6H,1H3;5-6H,3-4,8H2,1-2H3;2H2,1H3;1H2. The highest BCUT2D eigenvalue weighted by molar-refractivity contribution is 7.19. The molecule has 2 rings (SSSR count). The maximum absolute atomic E-state index is 10.7. The first kappa shape index (κ1) is 24.4. The number of carbonyl (C=O) groups is 2. The van der Waals surface area contributed by atoms with Crippen molar-refractivity contribution in [3.63, 3.8) is 0 Å². The first-order valence-electron chi connectivity index (χ1n) is 7.52. The Morgan fingerprint density at radius 2 is 1.79 bits per heavy atom. The van der Waals surface area contributed by atoms with Gasteiger partial charge in [-0.05, 0) is 50.5 Å². The minimum atomic E-state index is -0.461. The predicted octanol–water partition coefficient (Wildman–Crippen LogP) is 3.19. The van der Waals surface area contributed by atoms with Crippen molar-refractivity contribution in [3.05, 3.63) is 35.2 Å². The van der Waals surface area contributed by atoms with Crippen molar-refractivity contribution in [2.75, 3.05) is 7.05 Å². The summed E-state index contributed by atoms with van der Waals surface area (Å²) in [6, 6.07) is 10.2. The molecule has 0 radical (unpaired) electrons. The Balaban J connectivity index is 0. The molecule has 6 heteroatoms. The molecule has 0 bridgehead atoms. The van der Waals surface area contributed by atoms with Crippen LogP contribution >= 0.6 is 11.3 Å². The van der Waals surface area contributed by atoms with Gasteiger partial charge in [-0.2, -0.15) is 0 Å². The van der Waals surface area contributed by atoms with Crippen LogP contribution in [0.3, 0.4) is 0 Å². The Morgan fingerprint density at radius 3 is 2.25 bits per heavy atom. The average molecular weight is 352 g/mol. The second-order valence-electron chi connectivity index (χ2n) is 5.13. The smallest absolute Gasteiger partial charge is 0.261 e. The molecule has 5 nitrogen and oxygen atoms in total. The van der Waals surface area contributed by atoms with E-state index in [-0.39, 0.29) is 5.91 Å². The number of hydrogen-bond donors (Lipinski definition) is 2. The lowest BCUT2D eigenvalue weighted by molar-refractivity contribution is -0.119. The van der Waals surface area contributed by atoms with E-state index >= 15 is 0 Å². The van der Waals surface area contributed by atoms with E-state index in [0.717, 1.165) is 0 Å². The van der Waals surface area contributed by atoms with Crippen molar-refractivity contribution in [1.29, 1.82) is 0 Å². The molecule has 0 saturated heterocycles. The summed E-state index contributed by atoms with van der Waals surface area (Å²) in [5.41, 5.74) is 9.95. The topological polar surface area (TPSA) is 98.5 Å². The molecule has 1 heterocycles. The molecule has 0 saturated carbocycles. The number of nitrogens with two attached hydrogens (primary N) is 2. The maximum Gasteiger partial charge on any atom is 0.261 e. The van der Waals surface area contributed by atoms with Crippen LogP contribution in [0, 0.1) is 12.8 Å². The highest BCUT2D eigenvalue weighted by Crippen LogP contribution is 2.23. The van der Waals surface area contributed by atoms with Gasteiger partial charge in [0.2, 0.25) is 0 Å². The van der Waals surface area contributed by atoms with Crippen molar-refractivity contribution in [2.24, 2.45) is 22.4 Å². The third-order valence-corrected chi connectivity index (χ3v) is 3.78. The molecule has 1 atom stereocenters. The van der Waals surface area contributed by atoms with Gasteiger partial charge < -0.3 is 16.3 Å². The van der Waals surface area contributed by atoms with Crippen molar-refractivity contribution < 1.29 is 9.59 Å². The van der Waals surface area contributed by atoms with Crippen molar-refractivity contribution in [2.45, 2.75) is 33.2 Å². The monoisotopic (exact) mass is 351 g/mol.